The van der Waals surface area contributed by atoms with Crippen LogP contribution in [-0.4, -0.2) is 18.8 Å². The maximum absolute atomic E-state index is 10.1. The van der Waals surface area contributed by atoms with Crippen molar-refractivity contribution in [2.45, 2.75) is 18.9 Å². The molecule has 0 bridgehead atoms. The van der Waals surface area contributed by atoms with Crippen LogP contribution < -0.4 is 4.74 Å². The molecule has 2 aromatic rings. The van der Waals surface area contributed by atoms with E-state index in [0.717, 1.165) is 22.4 Å². The number of benzene rings is 2. The molecule has 0 saturated carbocycles. The molecule has 0 aliphatic heterocycles. The fraction of sp³-hybridized carbons (Fsp3) is 0.294. The van der Waals surface area contributed by atoms with Gasteiger partial charge < -0.3 is 9.84 Å². The second-order valence-electron chi connectivity index (χ2n) is 4.96. The molecule has 0 radical (unpaired) electrons. The Kier molecular flexibility index (Phi) is 5.83. The summed E-state index contributed by atoms with van der Waals surface area (Å²) in [5.74, 6) is 0.829. The summed E-state index contributed by atoms with van der Waals surface area (Å²) in [6.45, 7) is 0.414. The number of nitrogens with zero attached hydrogens (tertiary/aromatic N) is 3. The highest BCUT2D eigenvalue weighted by atomic mass is 16.5. The molecule has 1 unspecified atom stereocenters. The minimum absolute atomic E-state index is 0.414. The number of hydrogen-bond donors (Lipinski definition) is 1. The molecule has 2 aromatic carbocycles. The van der Waals surface area contributed by atoms with Crippen LogP contribution in [-0.2, 0) is 0 Å². The van der Waals surface area contributed by atoms with Crippen LogP contribution in [0.25, 0.3) is 21.6 Å². The Bertz CT molecular complexity index is 632. The maximum Gasteiger partial charge on any atom is 0.118 e. The zero-order valence-electron chi connectivity index (χ0n) is 12.5. The van der Waals surface area contributed by atoms with Gasteiger partial charge in [0.2, 0.25) is 0 Å². The van der Waals surface area contributed by atoms with Crippen molar-refractivity contribution in [3.8, 4) is 16.9 Å². The molecule has 0 heterocycles. The highest BCUT2D eigenvalue weighted by molar-refractivity contribution is 5.64. The number of rotatable bonds is 7. The van der Waals surface area contributed by atoms with Gasteiger partial charge in [-0.05, 0) is 47.2 Å². The topological polar surface area (TPSA) is 78.2 Å². The number of aliphatic hydroxyl groups is 1. The van der Waals surface area contributed by atoms with Gasteiger partial charge in [0, 0.05) is 11.5 Å². The van der Waals surface area contributed by atoms with Crippen molar-refractivity contribution < 1.29 is 9.84 Å². The summed E-state index contributed by atoms with van der Waals surface area (Å²) in [6.07, 6.45) is 0.727. The van der Waals surface area contributed by atoms with Crippen LogP contribution >= 0.6 is 0 Å². The molecule has 0 fully saturated rings. The number of aliphatic hydroxyl groups excluding tert-OH is 1. The molecule has 1 N–H and O–H groups in total. The summed E-state index contributed by atoms with van der Waals surface area (Å²) < 4.78 is 5.15. The van der Waals surface area contributed by atoms with Crippen LogP contribution in [0.3, 0.4) is 0 Å². The molecule has 0 aromatic heterocycles. The lowest BCUT2D eigenvalue weighted by molar-refractivity contribution is 0.165. The van der Waals surface area contributed by atoms with E-state index in [1.807, 2.05) is 48.5 Å². The van der Waals surface area contributed by atoms with E-state index in [9.17, 15) is 5.11 Å². The van der Waals surface area contributed by atoms with E-state index in [1.165, 1.54) is 0 Å². The molecule has 114 valence electrons. The highest BCUT2D eigenvalue weighted by Gasteiger charge is 2.07. The molecule has 0 aliphatic carbocycles. The quantitative estimate of drug-likeness (QED) is 0.354. The monoisotopic (exact) mass is 297 g/mol. The van der Waals surface area contributed by atoms with Crippen LogP contribution in [0.1, 0.15) is 24.5 Å². The maximum atomic E-state index is 10.1. The highest BCUT2D eigenvalue weighted by Crippen LogP contribution is 2.25. The predicted molar refractivity (Wildman–Crippen MR) is 86.6 cm³/mol. The average molecular weight is 297 g/mol. The summed E-state index contributed by atoms with van der Waals surface area (Å²) in [5, 5.41) is 13.6. The Morgan fingerprint density at radius 2 is 1.68 bits per heavy atom. The normalized spacial score (nSPS) is 11.5. The third-order valence-electron chi connectivity index (χ3n) is 3.52. The number of methoxy groups -OCH3 is 1. The summed E-state index contributed by atoms with van der Waals surface area (Å²) >= 11 is 0. The van der Waals surface area contributed by atoms with E-state index in [4.69, 9.17) is 10.3 Å². The SMILES string of the molecule is COc1ccc(-c2ccc(C(O)CCCN=[N+]=[N-])cc2)cc1. The molecule has 0 aliphatic rings. The van der Waals surface area contributed by atoms with Gasteiger partial charge in [0.1, 0.15) is 5.75 Å². The van der Waals surface area contributed by atoms with Crippen LogP contribution in [0.4, 0.5) is 0 Å². The Labute approximate surface area is 129 Å². The Balaban J connectivity index is 2.01. The fourth-order valence-corrected chi connectivity index (χ4v) is 2.25. The van der Waals surface area contributed by atoms with Gasteiger partial charge in [-0.1, -0.05) is 41.5 Å². The molecule has 5 nitrogen and oxygen atoms in total. The minimum Gasteiger partial charge on any atom is -0.497 e. The first-order valence-electron chi connectivity index (χ1n) is 7.18. The lowest BCUT2D eigenvalue weighted by Crippen LogP contribution is -1.98. The van der Waals surface area contributed by atoms with Gasteiger partial charge >= 0.3 is 0 Å². The summed E-state index contributed by atoms with van der Waals surface area (Å²) in [6, 6.07) is 15.7. The first-order valence-corrected chi connectivity index (χ1v) is 7.18. The summed E-state index contributed by atoms with van der Waals surface area (Å²) in [4.78, 5) is 2.70. The Morgan fingerprint density at radius 1 is 1.09 bits per heavy atom. The van der Waals surface area contributed by atoms with E-state index in [1.54, 1.807) is 7.11 Å². The van der Waals surface area contributed by atoms with Crippen LogP contribution in [0.5, 0.6) is 5.75 Å². The zero-order chi connectivity index (χ0) is 15.8. The zero-order valence-corrected chi connectivity index (χ0v) is 12.5. The summed E-state index contributed by atoms with van der Waals surface area (Å²) in [5.41, 5.74) is 11.3. The van der Waals surface area contributed by atoms with E-state index in [2.05, 4.69) is 10.0 Å². The fourth-order valence-electron chi connectivity index (χ4n) is 2.25. The van der Waals surface area contributed by atoms with Gasteiger partial charge in [-0.3, -0.25) is 0 Å². The lowest BCUT2D eigenvalue weighted by Gasteiger charge is -2.11. The number of azide groups is 1. The molecule has 5 heteroatoms. The van der Waals surface area contributed by atoms with Crippen LogP contribution in [0, 0.1) is 0 Å². The average Bonchev–Trinajstić information content (AvgIpc) is 2.59. The van der Waals surface area contributed by atoms with Crippen LogP contribution in [0.15, 0.2) is 53.6 Å². The molecule has 2 rings (SSSR count). The van der Waals surface area contributed by atoms with Crippen LogP contribution in [0.2, 0.25) is 0 Å². The second-order valence-corrected chi connectivity index (χ2v) is 4.96. The summed E-state index contributed by atoms with van der Waals surface area (Å²) in [7, 11) is 1.65. The second kappa shape index (κ2) is 8.08. The van der Waals surface area contributed by atoms with E-state index in [-0.39, 0.29) is 0 Å². The molecular weight excluding hydrogens is 278 g/mol. The predicted octanol–water partition coefficient (Wildman–Crippen LogP) is 4.49. The van der Waals surface area contributed by atoms with Crippen molar-refractivity contribution in [3.05, 3.63) is 64.5 Å². The molecular formula is C17H19N3O2. The van der Waals surface area contributed by atoms with Crippen molar-refractivity contribution in [2.75, 3.05) is 13.7 Å². The molecule has 0 spiro atoms. The van der Waals surface area contributed by atoms with Gasteiger partial charge in [-0.25, -0.2) is 0 Å². The minimum atomic E-state index is -0.529. The first-order chi connectivity index (χ1) is 10.7. The number of hydrogen-bond acceptors (Lipinski definition) is 3. The van der Waals surface area contributed by atoms with Gasteiger partial charge in [0.15, 0.2) is 0 Å². The van der Waals surface area contributed by atoms with E-state index < -0.39 is 6.10 Å². The smallest absolute Gasteiger partial charge is 0.118 e. The third-order valence-corrected chi connectivity index (χ3v) is 3.52. The standard InChI is InChI=1S/C17H19N3O2/c1-22-16-10-8-14(9-11-16)13-4-6-15(7-5-13)17(21)3-2-12-19-20-18/h4-11,17,21H,2-3,12H2,1H3. The molecule has 1 atom stereocenters. The largest absolute Gasteiger partial charge is 0.497 e. The van der Waals surface area contributed by atoms with Crippen molar-refractivity contribution in [2.24, 2.45) is 5.11 Å². The molecule has 0 amide bonds. The van der Waals surface area contributed by atoms with Gasteiger partial charge in [-0.2, -0.15) is 0 Å². The molecule has 0 saturated heterocycles. The first kappa shape index (κ1) is 15.9. The van der Waals surface area contributed by atoms with Gasteiger partial charge in [0.25, 0.3) is 0 Å². The Hall–Kier alpha value is -2.49. The van der Waals surface area contributed by atoms with Crippen molar-refractivity contribution in [1.29, 1.82) is 0 Å². The Morgan fingerprint density at radius 3 is 2.23 bits per heavy atom. The van der Waals surface area contributed by atoms with E-state index >= 15 is 0 Å². The van der Waals surface area contributed by atoms with Crippen molar-refractivity contribution in [1.82, 2.24) is 0 Å². The van der Waals surface area contributed by atoms with Crippen molar-refractivity contribution in [3.63, 3.8) is 0 Å². The third kappa shape index (κ3) is 4.25. The van der Waals surface area contributed by atoms with Gasteiger partial charge in [-0.15, -0.1) is 0 Å². The van der Waals surface area contributed by atoms with Crippen molar-refractivity contribution >= 4 is 0 Å². The number of ether oxygens (including phenoxy) is 1. The molecule has 22 heavy (non-hydrogen) atoms. The lowest BCUT2D eigenvalue weighted by atomic mass is 10.00. The van der Waals surface area contributed by atoms with E-state index in [0.29, 0.717) is 19.4 Å². The van der Waals surface area contributed by atoms with Gasteiger partial charge in [0.05, 0.1) is 13.2 Å².